The number of carboxylic acids is 1. The molecule has 5 heteroatoms. The molecule has 17 heavy (non-hydrogen) atoms. The Morgan fingerprint density at radius 3 is 2.76 bits per heavy atom. The Morgan fingerprint density at radius 1 is 1.41 bits per heavy atom. The maximum Gasteiger partial charge on any atom is 0.306 e. The van der Waals surface area contributed by atoms with Gasteiger partial charge in [-0.05, 0) is 31.4 Å². The van der Waals surface area contributed by atoms with Gasteiger partial charge in [0.1, 0.15) is 0 Å². The van der Waals surface area contributed by atoms with Gasteiger partial charge in [-0.15, -0.1) is 0 Å². The van der Waals surface area contributed by atoms with E-state index in [0.29, 0.717) is 18.4 Å². The van der Waals surface area contributed by atoms with Crippen molar-refractivity contribution in [2.24, 2.45) is 11.7 Å². The molecule has 0 radical (unpaired) electrons. The van der Waals surface area contributed by atoms with Gasteiger partial charge in [0.05, 0.1) is 5.92 Å². The number of amides is 1. The Morgan fingerprint density at radius 2 is 2.18 bits per heavy atom. The van der Waals surface area contributed by atoms with E-state index >= 15 is 0 Å². The molecular formula is C12H14N2O3. The van der Waals surface area contributed by atoms with E-state index in [1.807, 2.05) is 0 Å². The largest absolute Gasteiger partial charge is 0.481 e. The molecule has 0 spiro atoms. The third-order valence-electron chi connectivity index (χ3n) is 3.27. The van der Waals surface area contributed by atoms with Crippen molar-refractivity contribution in [1.82, 2.24) is 4.98 Å². The standard InChI is InChI=1S/C12H14N2O3/c13-11(15)8-3-4-14-10(6-8)7-1-2-9(5-7)12(16)17/h3-4,6-7,9H,1-2,5H2,(H2,13,15)(H,16,17). The van der Waals surface area contributed by atoms with E-state index in [1.165, 1.54) is 0 Å². The van der Waals surface area contributed by atoms with Gasteiger partial charge in [0.2, 0.25) is 5.91 Å². The summed E-state index contributed by atoms with van der Waals surface area (Å²) in [6.45, 7) is 0. The summed E-state index contributed by atoms with van der Waals surface area (Å²) in [4.78, 5) is 26.1. The molecule has 3 N–H and O–H groups in total. The summed E-state index contributed by atoms with van der Waals surface area (Å²) in [6, 6.07) is 3.23. The number of carbonyl (C=O) groups is 2. The fourth-order valence-electron chi connectivity index (χ4n) is 2.30. The average molecular weight is 234 g/mol. The van der Waals surface area contributed by atoms with E-state index in [-0.39, 0.29) is 11.8 Å². The molecule has 0 saturated heterocycles. The first-order valence-corrected chi connectivity index (χ1v) is 5.56. The molecule has 1 aromatic heterocycles. The minimum Gasteiger partial charge on any atom is -0.481 e. The zero-order valence-corrected chi connectivity index (χ0v) is 9.30. The topological polar surface area (TPSA) is 93.3 Å². The summed E-state index contributed by atoms with van der Waals surface area (Å²) in [5, 5.41) is 8.93. The van der Waals surface area contributed by atoms with Gasteiger partial charge < -0.3 is 10.8 Å². The van der Waals surface area contributed by atoms with Gasteiger partial charge in [-0.2, -0.15) is 0 Å². The zero-order valence-electron chi connectivity index (χ0n) is 9.30. The Kier molecular flexibility index (Phi) is 3.08. The number of hydrogen-bond donors (Lipinski definition) is 2. The Hall–Kier alpha value is -1.91. The second-order valence-electron chi connectivity index (χ2n) is 4.38. The van der Waals surface area contributed by atoms with Crippen molar-refractivity contribution in [3.05, 3.63) is 29.6 Å². The van der Waals surface area contributed by atoms with Gasteiger partial charge in [-0.25, -0.2) is 0 Å². The monoisotopic (exact) mass is 234 g/mol. The number of hydrogen-bond acceptors (Lipinski definition) is 3. The number of primary amides is 1. The van der Waals surface area contributed by atoms with E-state index in [1.54, 1.807) is 18.3 Å². The van der Waals surface area contributed by atoms with Gasteiger partial charge >= 0.3 is 5.97 Å². The molecule has 1 fully saturated rings. The molecular weight excluding hydrogens is 220 g/mol. The first-order valence-electron chi connectivity index (χ1n) is 5.56. The summed E-state index contributed by atoms with van der Waals surface area (Å²) in [5.41, 5.74) is 6.39. The van der Waals surface area contributed by atoms with E-state index in [2.05, 4.69) is 4.98 Å². The number of pyridine rings is 1. The first-order chi connectivity index (χ1) is 8.08. The van der Waals surface area contributed by atoms with Crippen LogP contribution in [-0.2, 0) is 4.79 Å². The Labute approximate surface area is 98.7 Å². The number of carbonyl (C=O) groups excluding carboxylic acids is 1. The average Bonchev–Trinajstić information content (AvgIpc) is 2.78. The van der Waals surface area contributed by atoms with E-state index < -0.39 is 11.9 Å². The van der Waals surface area contributed by atoms with Crippen LogP contribution in [0, 0.1) is 5.92 Å². The van der Waals surface area contributed by atoms with E-state index in [4.69, 9.17) is 10.8 Å². The number of aromatic nitrogens is 1. The molecule has 1 aliphatic carbocycles. The quantitative estimate of drug-likeness (QED) is 0.820. The number of aliphatic carboxylic acids is 1. The Balaban J connectivity index is 2.16. The SMILES string of the molecule is NC(=O)c1ccnc(C2CCC(C(=O)O)C2)c1. The van der Waals surface area contributed by atoms with Gasteiger partial charge in [0.25, 0.3) is 0 Å². The van der Waals surface area contributed by atoms with Crippen molar-refractivity contribution in [2.45, 2.75) is 25.2 Å². The molecule has 1 saturated carbocycles. The highest BCUT2D eigenvalue weighted by Crippen LogP contribution is 2.37. The van der Waals surface area contributed by atoms with Crippen LogP contribution in [0.15, 0.2) is 18.3 Å². The number of nitrogens with two attached hydrogens (primary N) is 1. The van der Waals surface area contributed by atoms with Crippen LogP contribution in [0.5, 0.6) is 0 Å². The summed E-state index contributed by atoms with van der Waals surface area (Å²) >= 11 is 0. The zero-order chi connectivity index (χ0) is 12.4. The minimum absolute atomic E-state index is 0.121. The third-order valence-corrected chi connectivity index (χ3v) is 3.27. The second kappa shape index (κ2) is 4.53. The summed E-state index contributed by atoms with van der Waals surface area (Å²) in [7, 11) is 0. The molecule has 0 aliphatic heterocycles. The van der Waals surface area contributed by atoms with Crippen LogP contribution >= 0.6 is 0 Å². The maximum atomic E-state index is 11.0. The number of rotatable bonds is 3. The minimum atomic E-state index is -0.751. The summed E-state index contributed by atoms with van der Waals surface area (Å²) in [5.74, 6) is -1.41. The van der Waals surface area contributed by atoms with Crippen molar-refractivity contribution >= 4 is 11.9 Å². The molecule has 0 bridgehead atoms. The second-order valence-corrected chi connectivity index (χ2v) is 4.38. The fourth-order valence-corrected chi connectivity index (χ4v) is 2.30. The lowest BCUT2D eigenvalue weighted by Crippen LogP contribution is -2.12. The predicted octanol–water partition coefficient (Wildman–Crippen LogP) is 1.15. The fraction of sp³-hybridized carbons (Fsp3) is 0.417. The summed E-state index contributed by atoms with van der Waals surface area (Å²) < 4.78 is 0. The van der Waals surface area contributed by atoms with E-state index in [0.717, 1.165) is 12.1 Å². The van der Waals surface area contributed by atoms with Crippen LogP contribution in [0.4, 0.5) is 0 Å². The van der Waals surface area contributed by atoms with Crippen LogP contribution in [-0.4, -0.2) is 22.0 Å². The van der Waals surface area contributed by atoms with Gasteiger partial charge in [0.15, 0.2) is 0 Å². The lowest BCUT2D eigenvalue weighted by Gasteiger charge is -2.09. The van der Waals surface area contributed by atoms with Gasteiger partial charge in [0, 0.05) is 23.4 Å². The van der Waals surface area contributed by atoms with Crippen molar-refractivity contribution in [3.63, 3.8) is 0 Å². The Bertz CT molecular complexity index is 459. The van der Waals surface area contributed by atoms with Crippen molar-refractivity contribution < 1.29 is 14.7 Å². The van der Waals surface area contributed by atoms with Crippen LogP contribution in [0.3, 0.4) is 0 Å². The molecule has 5 nitrogen and oxygen atoms in total. The predicted molar refractivity (Wildman–Crippen MR) is 60.5 cm³/mol. The molecule has 0 aromatic carbocycles. The first kappa shape index (κ1) is 11.6. The molecule has 90 valence electrons. The van der Waals surface area contributed by atoms with Crippen molar-refractivity contribution in [3.8, 4) is 0 Å². The van der Waals surface area contributed by atoms with Crippen molar-refractivity contribution in [2.75, 3.05) is 0 Å². The van der Waals surface area contributed by atoms with Crippen LogP contribution < -0.4 is 5.73 Å². The van der Waals surface area contributed by atoms with Crippen LogP contribution in [0.2, 0.25) is 0 Å². The molecule has 2 atom stereocenters. The van der Waals surface area contributed by atoms with Crippen molar-refractivity contribution in [1.29, 1.82) is 0 Å². The lowest BCUT2D eigenvalue weighted by atomic mass is 10.00. The van der Waals surface area contributed by atoms with E-state index in [9.17, 15) is 9.59 Å². The highest BCUT2D eigenvalue weighted by atomic mass is 16.4. The maximum absolute atomic E-state index is 11.0. The molecule has 1 amide bonds. The van der Waals surface area contributed by atoms with Gasteiger partial charge in [-0.1, -0.05) is 0 Å². The third kappa shape index (κ3) is 2.43. The van der Waals surface area contributed by atoms with Crippen LogP contribution in [0.25, 0.3) is 0 Å². The molecule has 2 rings (SSSR count). The highest BCUT2D eigenvalue weighted by molar-refractivity contribution is 5.92. The molecule has 2 unspecified atom stereocenters. The lowest BCUT2D eigenvalue weighted by molar-refractivity contribution is -0.141. The number of nitrogens with zero attached hydrogens (tertiary/aromatic N) is 1. The van der Waals surface area contributed by atoms with Gasteiger partial charge in [-0.3, -0.25) is 14.6 Å². The number of carboxylic acid groups (broad SMARTS) is 1. The summed E-state index contributed by atoms with van der Waals surface area (Å²) in [6.07, 6.45) is 3.60. The molecule has 1 aromatic rings. The van der Waals surface area contributed by atoms with Crippen LogP contribution in [0.1, 0.15) is 41.2 Å². The highest BCUT2D eigenvalue weighted by Gasteiger charge is 2.31. The molecule has 1 aliphatic rings. The normalized spacial score (nSPS) is 23.5. The smallest absolute Gasteiger partial charge is 0.306 e. The molecule has 1 heterocycles.